The number of carbonyl (C=O) groups excluding carboxylic acids is 3. The number of aliphatic hydroxyl groups is 1. The third-order valence-corrected chi connectivity index (χ3v) is 13.5. The molecule has 3 aliphatic heterocycles. The Morgan fingerprint density at radius 3 is 1.82 bits per heavy atom. The number of piperazine rings is 1. The lowest BCUT2D eigenvalue weighted by Gasteiger charge is -2.49. The molecule has 9 nitrogen and oxygen atoms in total. The minimum Gasteiger partial charge on any atom is -0.418 e. The normalized spacial score (nSPS) is 19.0. The first kappa shape index (κ1) is 42.1. The van der Waals surface area contributed by atoms with Gasteiger partial charge in [-0.3, -0.25) is 9.59 Å². The number of fused-ring (bicyclic) bond motifs is 1. The third-order valence-electron chi connectivity index (χ3n) is 12.0. The zero-order chi connectivity index (χ0) is 42.6. The van der Waals surface area contributed by atoms with Crippen LogP contribution in [-0.2, 0) is 20.7 Å². The standard InChI is InChI=1S/C47H45BF3N4O5S/c49-35-29-36(50)41(42(51)40(35)44(57)55-27-25-54(26-28-55)39(56)24-14-13-23-38-43-37(30-61-38)52-45(58)53-43)48-60-47(33-19-9-3-10-20-33,34-21-11-4-12-22-34)46(59,31-15-5-1-6-16-31)32-17-7-2-8-18-32/h1-12,15-22,29,37-38,43,59H,13-14,23-28,30H2,(H2,52,53,58)/t37-,38-,43-/m0/s1. The van der Waals surface area contributed by atoms with Crippen LogP contribution in [0.5, 0.6) is 0 Å². The lowest BCUT2D eigenvalue weighted by atomic mass is 9.65. The molecule has 8 rings (SSSR count). The maximum Gasteiger partial charge on any atom is 0.338 e. The van der Waals surface area contributed by atoms with E-state index in [1.54, 1.807) is 126 Å². The first-order valence-corrected chi connectivity index (χ1v) is 21.6. The molecule has 0 saturated carbocycles. The molecule has 14 heteroatoms. The molecule has 3 atom stereocenters. The van der Waals surface area contributed by atoms with Crippen LogP contribution in [0.1, 0.15) is 58.3 Å². The molecule has 3 heterocycles. The summed E-state index contributed by atoms with van der Waals surface area (Å²) >= 11 is 1.83. The van der Waals surface area contributed by atoms with Gasteiger partial charge in [0.25, 0.3) is 5.91 Å². The molecule has 3 saturated heterocycles. The second kappa shape index (κ2) is 18.2. The first-order chi connectivity index (χ1) is 29.6. The lowest BCUT2D eigenvalue weighted by Crippen LogP contribution is -2.55. The zero-order valence-electron chi connectivity index (χ0n) is 33.3. The maximum absolute atomic E-state index is 16.7. The van der Waals surface area contributed by atoms with Gasteiger partial charge in [0.15, 0.2) is 5.60 Å². The molecule has 61 heavy (non-hydrogen) atoms. The van der Waals surface area contributed by atoms with Gasteiger partial charge in [-0.05, 0) is 35.1 Å². The van der Waals surface area contributed by atoms with Gasteiger partial charge >= 0.3 is 13.5 Å². The number of hydrogen-bond acceptors (Lipinski definition) is 6. The lowest BCUT2D eigenvalue weighted by molar-refractivity contribution is -0.132. The zero-order valence-corrected chi connectivity index (χ0v) is 34.1. The van der Waals surface area contributed by atoms with E-state index >= 15 is 13.2 Å². The fraction of sp³-hybridized carbons (Fsp3) is 0.298. The minimum absolute atomic E-state index is 0.0250. The van der Waals surface area contributed by atoms with Crippen molar-refractivity contribution >= 4 is 42.6 Å². The van der Waals surface area contributed by atoms with Gasteiger partial charge in [0.2, 0.25) is 5.91 Å². The molecule has 3 aliphatic rings. The highest BCUT2D eigenvalue weighted by Gasteiger charge is 2.56. The van der Waals surface area contributed by atoms with E-state index in [0.29, 0.717) is 46.4 Å². The van der Waals surface area contributed by atoms with E-state index in [1.165, 1.54) is 4.90 Å². The van der Waals surface area contributed by atoms with Crippen LogP contribution in [0.2, 0.25) is 0 Å². The largest absolute Gasteiger partial charge is 0.418 e. The van der Waals surface area contributed by atoms with E-state index in [1.807, 2.05) is 11.8 Å². The number of unbranched alkanes of at least 4 members (excludes halogenated alkanes) is 1. The van der Waals surface area contributed by atoms with E-state index in [-0.39, 0.29) is 50.2 Å². The second-order valence-electron chi connectivity index (χ2n) is 15.6. The highest BCUT2D eigenvalue weighted by molar-refractivity contribution is 8.00. The molecular formula is C47H45BF3N4O5S. The molecule has 0 bridgehead atoms. The Labute approximate surface area is 357 Å². The number of benzene rings is 5. The summed E-state index contributed by atoms with van der Waals surface area (Å²) in [6.07, 6.45) is 2.69. The van der Waals surface area contributed by atoms with Crippen LogP contribution in [-0.4, -0.2) is 89.5 Å². The van der Waals surface area contributed by atoms with Gasteiger partial charge in [-0.25, -0.2) is 18.0 Å². The molecule has 1 radical (unpaired) electrons. The Kier molecular flexibility index (Phi) is 12.6. The highest BCUT2D eigenvalue weighted by Crippen LogP contribution is 2.52. The van der Waals surface area contributed by atoms with Crippen LogP contribution in [0.3, 0.4) is 0 Å². The topological polar surface area (TPSA) is 111 Å². The Balaban J connectivity index is 1.03. The summed E-state index contributed by atoms with van der Waals surface area (Å²) in [5.74, 6) is -4.33. The summed E-state index contributed by atoms with van der Waals surface area (Å²) in [5.41, 5.74) is -4.06. The number of hydrogen-bond donors (Lipinski definition) is 3. The van der Waals surface area contributed by atoms with E-state index < -0.39 is 45.6 Å². The van der Waals surface area contributed by atoms with Crippen molar-refractivity contribution in [3.8, 4) is 0 Å². The van der Waals surface area contributed by atoms with Crippen LogP contribution < -0.4 is 16.1 Å². The van der Waals surface area contributed by atoms with Crippen LogP contribution in [0, 0.1) is 17.5 Å². The van der Waals surface area contributed by atoms with Crippen molar-refractivity contribution in [1.29, 1.82) is 0 Å². The molecule has 0 spiro atoms. The predicted molar refractivity (Wildman–Crippen MR) is 229 cm³/mol. The molecule has 0 unspecified atom stereocenters. The Bertz CT molecular complexity index is 2260. The third kappa shape index (κ3) is 8.16. The summed E-state index contributed by atoms with van der Waals surface area (Å²) in [6.45, 7) is 0.394. The highest BCUT2D eigenvalue weighted by atomic mass is 32.2. The molecule has 5 aromatic rings. The fourth-order valence-corrected chi connectivity index (χ4v) is 10.4. The molecule has 313 valence electrons. The van der Waals surface area contributed by atoms with Gasteiger partial charge in [-0.2, -0.15) is 11.8 Å². The quantitative estimate of drug-likeness (QED) is 0.0693. The number of nitrogens with zero attached hydrogens (tertiary/aromatic N) is 2. The van der Waals surface area contributed by atoms with Crippen LogP contribution in [0.15, 0.2) is 127 Å². The number of carbonyl (C=O) groups is 3. The molecule has 3 N–H and O–H groups in total. The van der Waals surface area contributed by atoms with Crippen molar-refractivity contribution in [3.63, 3.8) is 0 Å². The summed E-state index contributed by atoms with van der Waals surface area (Å²) in [4.78, 5) is 41.6. The van der Waals surface area contributed by atoms with Gasteiger partial charge in [-0.15, -0.1) is 0 Å². The van der Waals surface area contributed by atoms with Crippen LogP contribution in [0.25, 0.3) is 0 Å². The average Bonchev–Trinajstić information content (AvgIpc) is 3.86. The Hall–Kier alpha value is -5.57. The van der Waals surface area contributed by atoms with Crippen LogP contribution in [0.4, 0.5) is 18.0 Å². The SMILES string of the molecule is O=C1N[C@H]2[C@H](CS[C@H]2CCCCC(=O)N2CCN(C(=O)c3c(F)cc(F)c([B]OC(c4ccccc4)(c4ccccc4)C(O)(c4ccccc4)c4ccccc4)c3F)CC2)N1. The smallest absolute Gasteiger partial charge is 0.338 e. The maximum atomic E-state index is 16.7. The van der Waals surface area contributed by atoms with E-state index in [9.17, 15) is 19.5 Å². The summed E-state index contributed by atoms with van der Waals surface area (Å²) in [5, 5.41) is 19.7. The Morgan fingerprint density at radius 2 is 1.26 bits per heavy atom. The number of thioether (sulfide) groups is 1. The molecule has 0 aliphatic carbocycles. The number of amides is 4. The number of urea groups is 1. The molecule has 4 amide bonds. The van der Waals surface area contributed by atoms with Crippen molar-refractivity contribution in [3.05, 3.63) is 173 Å². The van der Waals surface area contributed by atoms with Crippen molar-refractivity contribution in [1.82, 2.24) is 20.4 Å². The monoisotopic (exact) mass is 845 g/mol. The van der Waals surface area contributed by atoms with Gasteiger partial charge in [0, 0.05) is 55.1 Å². The van der Waals surface area contributed by atoms with Gasteiger partial charge in [-0.1, -0.05) is 128 Å². The van der Waals surface area contributed by atoms with Gasteiger partial charge in [0.05, 0.1) is 12.1 Å². The van der Waals surface area contributed by atoms with Gasteiger partial charge in [0.1, 0.15) is 28.6 Å². The van der Waals surface area contributed by atoms with Crippen LogP contribution >= 0.6 is 11.8 Å². The average molecular weight is 846 g/mol. The first-order valence-electron chi connectivity index (χ1n) is 20.5. The molecule has 0 aromatic heterocycles. The van der Waals surface area contributed by atoms with E-state index in [0.717, 1.165) is 26.1 Å². The second-order valence-corrected chi connectivity index (χ2v) is 16.8. The summed E-state index contributed by atoms with van der Waals surface area (Å²) < 4.78 is 54.9. The number of rotatable bonds is 14. The van der Waals surface area contributed by atoms with E-state index in [2.05, 4.69) is 10.6 Å². The summed E-state index contributed by atoms with van der Waals surface area (Å²) in [7, 11) is 0.818. The van der Waals surface area contributed by atoms with Crippen molar-refractivity contribution in [2.75, 3.05) is 31.9 Å². The van der Waals surface area contributed by atoms with E-state index in [4.69, 9.17) is 4.65 Å². The fourth-order valence-electron chi connectivity index (χ4n) is 8.88. The van der Waals surface area contributed by atoms with Gasteiger partial charge < -0.3 is 30.2 Å². The predicted octanol–water partition coefficient (Wildman–Crippen LogP) is 6.26. The van der Waals surface area contributed by atoms with Crippen molar-refractivity contribution in [2.24, 2.45) is 0 Å². The number of halogens is 3. The van der Waals surface area contributed by atoms with Crippen molar-refractivity contribution < 1.29 is 37.3 Å². The number of nitrogens with one attached hydrogen (secondary N) is 2. The minimum atomic E-state index is -2.05. The summed E-state index contributed by atoms with van der Waals surface area (Å²) in [6, 6.07) is 35.8. The molecule has 3 fully saturated rings. The van der Waals surface area contributed by atoms with Crippen molar-refractivity contribution in [2.45, 2.75) is 54.2 Å². The Morgan fingerprint density at radius 1 is 0.738 bits per heavy atom. The molecular weight excluding hydrogens is 800 g/mol. The molecule has 5 aromatic carbocycles.